The molecule has 1 amide bonds. The van der Waals surface area contributed by atoms with Crippen LogP contribution in [-0.2, 0) is 31.4 Å². The summed E-state index contributed by atoms with van der Waals surface area (Å²) in [6.07, 6.45) is 3.19. The number of amides is 1. The van der Waals surface area contributed by atoms with E-state index in [1.54, 1.807) is 42.5 Å². The molecule has 36 heavy (non-hydrogen) atoms. The van der Waals surface area contributed by atoms with Gasteiger partial charge >= 0.3 is 0 Å². The molecule has 1 atom stereocenters. The molecule has 1 saturated heterocycles. The van der Waals surface area contributed by atoms with E-state index in [9.17, 15) is 21.6 Å². The number of carbonyl (C=O) groups excluding carboxylic acids is 1. The first-order valence-electron chi connectivity index (χ1n) is 11.6. The van der Waals surface area contributed by atoms with E-state index in [2.05, 4.69) is 5.32 Å². The molecule has 0 radical (unpaired) electrons. The Morgan fingerprint density at radius 2 is 1.69 bits per heavy atom. The lowest BCUT2D eigenvalue weighted by Crippen LogP contribution is -2.39. The fraction of sp³-hybridized carbons (Fsp3) is 0.320. The van der Waals surface area contributed by atoms with Gasteiger partial charge in [-0.15, -0.1) is 0 Å². The van der Waals surface area contributed by atoms with Crippen LogP contribution in [0.3, 0.4) is 0 Å². The monoisotopic (exact) mass is 531 g/mol. The number of furan rings is 1. The van der Waals surface area contributed by atoms with Crippen molar-refractivity contribution < 1.29 is 26.0 Å². The Hall–Kier alpha value is -2.99. The quantitative estimate of drug-likeness (QED) is 0.452. The molecular formula is C25H29N3O6S2. The van der Waals surface area contributed by atoms with Crippen LogP contribution >= 0.6 is 0 Å². The summed E-state index contributed by atoms with van der Waals surface area (Å²) in [6.45, 7) is 2.28. The summed E-state index contributed by atoms with van der Waals surface area (Å²) >= 11 is 0. The maximum absolute atomic E-state index is 13.5. The smallest absolute Gasteiger partial charge is 0.243 e. The first kappa shape index (κ1) is 26.1. The van der Waals surface area contributed by atoms with Crippen molar-refractivity contribution in [3.05, 3.63) is 78.8 Å². The Labute approximate surface area is 211 Å². The zero-order valence-corrected chi connectivity index (χ0v) is 21.5. The van der Waals surface area contributed by atoms with E-state index >= 15 is 0 Å². The SMILES string of the molecule is CC1CCCN(S(=O)(=O)c2ccc(S(=O)(=O)N(CC(=O)Nc3ccccc3)Cc3ccco3)cc2)C1. The van der Waals surface area contributed by atoms with Gasteiger partial charge in [0.05, 0.1) is 29.1 Å². The summed E-state index contributed by atoms with van der Waals surface area (Å²) in [7, 11) is -7.88. The summed E-state index contributed by atoms with van der Waals surface area (Å²) in [5, 5.41) is 2.68. The fourth-order valence-electron chi connectivity index (χ4n) is 4.13. The van der Waals surface area contributed by atoms with Gasteiger partial charge in [0.1, 0.15) is 5.76 Å². The second kappa shape index (κ2) is 11.0. The molecule has 0 bridgehead atoms. The zero-order valence-electron chi connectivity index (χ0n) is 19.9. The molecule has 1 aromatic heterocycles. The van der Waals surface area contributed by atoms with Crippen LogP contribution in [0.5, 0.6) is 0 Å². The first-order chi connectivity index (χ1) is 17.2. The number of hydrogen-bond donors (Lipinski definition) is 1. The molecule has 192 valence electrons. The van der Waals surface area contributed by atoms with E-state index in [1.807, 2.05) is 6.92 Å². The van der Waals surface area contributed by atoms with Crippen molar-refractivity contribution in [2.75, 3.05) is 25.0 Å². The highest BCUT2D eigenvalue weighted by Gasteiger charge is 2.31. The molecule has 11 heteroatoms. The van der Waals surface area contributed by atoms with Gasteiger partial charge in [0.15, 0.2) is 0 Å². The molecular weight excluding hydrogens is 502 g/mol. The highest BCUT2D eigenvalue weighted by molar-refractivity contribution is 7.89. The third-order valence-electron chi connectivity index (χ3n) is 6.01. The van der Waals surface area contributed by atoms with Crippen LogP contribution < -0.4 is 5.32 Å². The fourth-order valence-corrected chi connectivity index (χ4v) is 7.09. The molecule has 1 N–H and O–H groups in total. The molecule has 2 aromatic carbocycles. The molecule has 1 aliphatic rings. The van der Waals surface area contributed by atoms with E-state index in [0.717, 1.165) is 17.1 Å². The summed E-state index contributed by atoms with van der Waals surface area (Å²) in [4.78, 5) is 12.6. The second-order valence-corrected chi connectivity index (χ2v) is 12.7. The lowest BCUT2D eigenvalue weighted by atomic mass is 10.0. The largest absolute Gasteiger partial charge is 0.468 e. The molecule has 0 spiro atoms. The van der Waals surface area contributed by atoms with Crippen molar-refractivity contribution in [1.82, 2.24) is 8.61 Å². The highest BCUT2D eigenvalue weighted by atomic mass is 32.2. The Bertz CT molecular complexity index is 1370. The van der Waals surface area contributed by atoms with Gasteiger partial charge in [-0.05, 0) is 67.3 Å². The maximum Gasteiger partial charge on any atom is 0.243 e. The number of para-hydroxylation sites is 1. The molecule has 0 saturated carbocycles. The van der Waals surface area contributed by atoms with E-state index in [-0.39, 0.29) is 22.3 Å². The van der Waals surface area contributed by atoms with Crippen LogP contribution in [0.4, 0.5) is 5.69 Å². The standard InChI is InChI=1S/C25H29N3O6S2/c1-20-7-5-15-27(17-20)35(30,31)23-11-13-24(14-12-23)36(32,33)28(18-22-10-6-16-34-22)19-25(29)26-21-8-3-2-4-9-21/h2-4,6,8-14,16,20H,5,7,15,17-19H2,1H3,(H,26,29). The third kappa shape index (κ3) is 6.04. The van der Waals surface area contributed by atoms with Gasteiger partial charge < -0.3 is 9.73 Å². The Morgan fingerprint density at radius 1 is 1.00 bits per heavy atom. The van der Waals surface area contributed by atoms with Crippen molar-refractivity contribution in [2.45, 2.75) is 36.1 Å². The number of sulfonamides is 2. The number of benzene rings is 2. The van der Waals surface area contributed by atoms with Crippen LogP contribution in [0.2, 0.25) is 0 Å². The average Bonchev–Trinajstić information content (AvgIpc) is 3.37. The van der Waals surface area contributed by atoms with Crippen molar-refractivity contribution in [1.29, 1.82) is 0 Å². The average molecular weight is 532 g/mol. The molecule has 4 rings (SSSR count). The summed E-state index contributed by atoms with van der Waals surface area (Å²) < 4.78 is 60.9. The van der Waals surface area contributed by atoms with Crippen LogP contribution in [0, 0.1) is 5.92 Å². The molecule has 1 aliphatic heterocycles. The van der Waals surface area contributed by atoms with Gasteiger partial charge in [-0.2, -0.15) is 8.61 Å². The summed E-state index contributed by atoms with van der Waals surface area (Å²) in [6, 6.07) is 17.1. The number of nitrogens with one attached hydrogen (secondary N) is 1. The van der Waals surface area contributed by atoms with Gasteiger partial charge in [-0.25, -0.2) is 16.8 Å². The van der Waals surface area contributed by atoms with Gasteiger partial charge in [0.2, 0.25) is 26.0 Å². The topological polar surface area (TPSA) is 117 Å². The van der Waals surface area contributed by atoms with Crippen LogP contribution in [0.25, 0.3) is 0 Å². The number of anilines is 1. The van der Waals surface area contributed by atoms with E-state index in [0.29, 0.717) is 24.5 Å². The minimum absolute atomic E-state index is 0.0370. The highest BCUT2D eigenvalue weighted by Crippen LogP contribution is 2.26. The van der Waals surface area contributed by atoms with Crippen molar-refractivity contribution in [2.24, 2.45) is 5.92 Å². The van der Waals surface area contributed by atoms with Crippen LogP contribution in [0.1, 0.15) is 25.5 Å². The minimum atomic E-state index is -4.16. The summed E-state index contributed by atoms with van der Waals surface area (Å²) in [5.41, 5.74) is 0.541. The molecule has 1 unspecified atom stereocenters. The molecule has 9 nitrogen and oxygen atoms in total. The van der Waals surface area contributed by atoms with Crippen molar-refractivity contribution >= 4 is 31.6 Å². The van der Waals surface area contributed by atoms with Gasteiger partial charge in [-0.3, -0.25) is 4.79 Å². The van der Waals surface area contributed by atoms with E-state index < -0.39 is 32.5 Å². The van der Waals surface area contributed by atoms with Gasteiger partial charge in [0, 0.05) is 18.8 Å². The lowest BCUT2D eigenvalue weighted by molar-refractivity contribution is -0.116. The number of piperidine rings is 1. The molecule has 3 aromatic rings. The third-order valence-corrected chi connectivity index (χ3v) is 9.69. The van der Waals surface area contributed by atoms with Gasteiger partial charge in [-0.1, -0.05) is 25.1 Å². The van der Waals surface area contributed by atoms with Crippen molar-refractivity contribution in [3.63, 3.8) is 0 Å². The predicted octanol–water partition coefficient (Wildman–Crippen LogP) is 3.53. The lowest BCUT2D eigenvalue weighted by Gasteiger charge is -2.30. The van der Waals surface area contributed by atoms with Gasteiger partial charge in [0.25, 0.3) is 0 Å². The molecule has 1 fully saturated rings. The van der Waals surface area contributed by atoms with Crippen molar-refractivity contribution in [3.8, 4) is 0 Å². The Balaban J connectivity index is 1.56. The Morgan fingerprint density at radius 3 is 2.33 bits per heavy atom. The number of nitrogens with zero attached hydrogens (tertiary/aromatic N) is 2. The Kier molecular flexibility index (Phi) is 7.94. The normalized spacial score (nSPS) is 17.2. The van der Waals surface area contributed by atoms with E-state index in [1.165, 1.54) is 34.8 Å². The molecule has 0 aliphatic carbocycles. The van der Waals surface area contributed by atoms with Crippen LogP contribution in [-0.4, -0.2) is 51.0 Å². The molecule has 2 heterocycles. The maximum atomic E-state index is 13.5. The van der Waals surface area contributed by atoms with E-state index in [4.69, 9.17) is 4.42 Å². The summed E-state index contributed by atoms with van der Waals surface area (Å²) in [5.74, 6) is 0.115. The number of hydrogen-bond acceptors (Lipinski definition) is 6. The number of rotatable bonds is 9. The number of carbonyl (C=O) groups is 1. The first-order valence-corrected chi connectivity index (χ1v) is 14.5. The minimum Gasteiger partial charge on any atom is -0.468 e. The van der Waals surface area contributed by atoms with Crippen LogP contribution in [0.15, 0.2) is 87.2 Å². The predicted molar refractivity (Wildman–Crippen MR) is 135 cm³/mol. The zero-order chi connectivity index (χ0) is 25.8. The second-order valence-electron chi connectivity index (χ2n) is 8.85.